The molecule has 1 saturated heterocycles. The molecule has 32 heavy (non-hydrogen) atoms. The van der Waals surface area contributed by atoms with Gasteiger partial charge in [0.1, 0.15) is 18.1 Å². The summed E-state index contributed by atoms with van der Waals surface area (Å²) in [7, 11) is -3.45. The summed E-state index contributed by atoms with van der Waals surface area (Å²) in [5.41, 5.74) is 2.28. The summed E-state index contributed by atoms with van der Waals surface area (Å²) in [6, 6.07) is 12.1. The second-order valence-corrected chi connectivity index (χ2v) is 10.0. The molecule has 7 nitrogen and oxygen atoms in total. The van der Waals surface area contributed by atoms with E-state index in [9.17, 15) is 13.2 Å². The Morgan fingerprint density at radius 1 is 1.00 bits per heavy atom. The molecule has 0 radical (unpaired) electrons. The van der Waals surface area contributed by atoms with Gasteiger partial charge in [-0.05, 0) is 81.1 Å². The third-order valence-electron chi connectivity index (χ3n) is 5.61. The van der Waals surface area contributed by atoms with Gasteiger partial charge in [-0.1, -0.05) is 12.5 Å². The standard InChI is InChI=1S/C24H32N2O5S/c1-18-7-8-22(17-19(18)2)31-20(3)24(27)25-13-16-30-21-9-11-23(12-10-21)32(28,29)26-14-5-4-6-15-26/h7-12,17,20H,4-6,13-16H2,1-3H3,(H,25,27)/t20-/m1/s1. The summed E-state index contributed by atoms with van der Waals surface area (Å²) < 4.78 is 38.3. The summed E-state index contributed by atoms with van der Waals surface area (Å²) in [4.78, 5) is 12.5. The summed E-state index contributed by atoms with van der Waals surface area (Å²) in [6.07, 6.45) is 2.25. The lowest BCUT2D eigenvalue weighted by molar-refractivity contribution is -0.127. The largest absolute Gasteiger partial charge is 0.492 e. The van der Waals surface area contributed by atoms with E-state index in [2.05, 4.69) is 5.32 Å². The van der Waals surface area contributed by atoms with Crippen molar-refractivity contribution in [3.05, 3.63) is 53.6 Å². The number of sulfonamides is 1. The Bertz CT molecular complexity index is 1020. The van der Waals surface area contributed by atoms with Gasteiger partial charge in [-0.2, -0.15) is 4.31 Å². The predicted molar refractivity (Wildman–Crippen MR) is 124 cm³/mol. The lowest BCUT2D eigenvalue weighted by Gasteiger charge is -2.25. The van der Waals surface area contributed by atoms with Gasteiger partial charge in [-0.3, -0.25) is 4.79 Å². The zero-order valence-corrected chi connectivity index (χ0v) is 19.8. The molecule has 1 N–H and O–H groups in total. The van der Waals surface area contributed by atoms with E-state index < -0.39 is 16.1 Å². The van der Waals surface area contributed by atoms with E-state index in [1.807, 2.05) is 32.0 Å². The smallest absolute Gasteiger partial charge is 0.260 e. The molecule has 1 heterocycles. The molecule has 8 heteroatoms. The first-order valence-electron chi connectivity index (χ1n) is 11.0. The fourth-order valence-electron chi connectivity index (χ4n) is 3.49. The molecule has 1 fully saturated rings. The van der Waals surface area contributed by atoms with E-state index >= 15 is 0 Å². The quantitative estimate of drug-likeness (QED) is 0.580. The molecule has 2 aromatic carbocycles. The van der Waals surface area contributed by atoms with Crippen LogP contribution in [0.25, 0.3) is 0 Å². The van der Waals surface area contributed by atoms with Crippen LogP contribution >= 0.6 is 0 Å². The highest BCUT2D eigenvalue weighted by Crippen LogP contribution is 2.22. The average molecular weight is 461 g/mol. The number of ether oxygens (including phenoxy) is 2. The van der Waals surface area contributed by atoms with Crippen LogP contribution in [0.2, 0.25) is 0 Å². The molecule has 1 aliphatic rings. The van der Waals surface area contributed by atoms with Crippen molar-refractivity contribution in [1.82, 2.24) is 9.62 Å². The predicted octanol–water partition coefficient (Wildman–Crippen LogP) is 3.44. The zero-order chi connectivity index (χ0) is 23.1. The highest BCUT2D eigenvalue weighted by atomic mass is 32.2. The van der Waals surface area contributed by atoms with E-state index in [1.165, 1.54) is 5.56 Å². The van der Waals surface area contributed by atoms with Gasteiger partial charge in [0.25, 0.3) is 5.91 Å². The highest BCUT2D eigenvalue weighted by molar-refractivity contribution is 7.89. The van der Waals surface area contributed by atoms with Gasteiger partial charge in [-0.15, -0.1) is 0 Å². The lowest BCUT2D eigenvalue weighted by atomic mass is 10.1. The molecule has 0 saturated carbocycles. The maximum atomic E-state index is 12.7. The van der Waals surface area contributed by atoms with Gasteiger partial charge in [0.15, 0.2) is 6.10 Å². The van der Waals surface area contributed by atoms with Crippen molar-refractivity contribution in [2.24, 2.45) is 0 Å². The Labute approximate surface area is 190 Å². The second-order valence-electron chi connectivity index (χ2n) is 8.08. The minimum absolute atomic E-state index is 0.227. The Hall–Kier alpha value is -2.58. The number of aryl methyl sites for hydroxylation is 2. The van der Waals surface area contributed by atoms with Gasteiger partial charge >= 0.3 is 0 Å². The molecular weight excluding hydrogens is 428 g/mol. The van der Waals surface area contributed by atoms with Crippen LogP contribution in [-0.2, 0) is 14.8 Å². The maximum absolute atomic E-state index is 12.7. The maximum Gasteiger partial charge on any atom is 0.260 e. The number of piperidine rings is 1. The second kappa shape index (κ2) is 10.8. The number of rotatable bonds is 9. The molecule has 174 valence electrons. The number of carbonyl (C=O) groups excluding carboxylic acids is 1. The van der Waals surface area contributed by atoms with Crippen LogP contribution in [0.5, 0.6) is 11.5 Å². The van der Waals surface area contributed by atoms with Crippen molar-refractivity contribution in [2.45, 2.75) is 51.0 Å². The number of hydrogen-bond donors (Lipinski definition) is 1. The van der Waals surface area contributed by atoms with Crippen molar-refractivity contribution >= 4 is 15.9 Å². The van der Waals surface area contributed by atoms with Gasteiger partial charge in [0.2, 0.25) is 10.0 Å². The van der Waals surface area contributed by atoms with E-state index in [4.69, 9.17) is 9.47 Å². The Balaban J connectivity index is 1.43. The fraction of sp³-hybridized carbons (Fsp3) is 0.458. The number of benzene rings is 2. The Morgan fingerprint density at radius 2 is 1.66 bits per heavy atom. The molecule has 2 aromatic rings. The van der Waals surface area contributed by atoms with Crippen LogP contribution in [0.15, 0.2) is 47.4 Å². The molecule has 3 rings (SSSR count). The molecular formula is C24H32N2O5S. The van der Waals surface area contributed by atoms with Gasteiger partial charge < -0.3 is 14.8 Å². The van der Waals surface area contributed by atoms with Crippen LogP contribution in [-0.4, -0.2) is 51.0 Å². The minimum Gasteiger partial charge on any atom is -0.492 e. The van der Waals surface area contributed by atoms with Crippen molar-refractivity contribution < 1.29 is 22.7 Å². The summed E-state index contributed by atoms with van der Waals surface area (Å²) >= 11 is 0. The van der Waals surface area contributed by atoms with Gasteiger partial charge in [-0.25, -0.2) is 8.42 Å². The zero-order valence-electron chi connectivity index (χ0n) is 19.0. The summed E-state index contributed by atoms with van der Waals surface area (Å²) in [5, 5.41) is 2.79. The lowest BCUT2D eigenvalue weighted by Crippen LogP contribution is -2.38. The van der Waals surface area contributed by atoms with Crippen LogP contribution < -0.4 is 14.8 Å². The molecule has 0 spiro atoms. The minimum atomic E-state index is -3.45. The molecule has 0 bridgehead atoms. The number of hydrogen-bond acceptors (Lipinski definition) is 5. The van der Waals surface area contributed by atoms with E-state index in [0.717, 1.165) is 24.8 Å². The van der Waals surface area contributed by atoms with Crippen molar-refractivity contribution in [1.29, 1.82) is 0 Å². The summed E-state index contributed by atoms with van der Waals surface area (Å²) in [5.74, 6) is 0.984. The first-order valence-corrected chi connectivity index (χ1v) is 12.5. The molecule has 1 aliphatic heterocycles. The van der Waals surface area contributed by atoms with Gasteiger partial charge in [0.05, 0.1) is 11.4 Å². The van der Waals surface area contributed by atoms with Crippen LogP contribution in [0.1, 0.15) is 37.3 Å². The van der Waals surface area contributed by atoms with Crippen LogP contribution in [0.3, 0.4) is 0 Å². The van der Waals surface area contributed by atoms with Crippen molar-refractivity contribution in [2.75, 3.05) is 26.2 Å². The van der Waals surface area contributed by atoms with Crippen molar-refractivity contribution in [3.8, 4) is 11.5 Å². The molecule has 0 unspecified atom stereocenters. The molecule has 0 aliphatic carbocycles. The third-order valence-corrected chi connectivity index (χ3v) is 7.52. The average Bonchev–Trinajstić information content (AvgIpc) is 2.80. The Morgan fingerprint density at radius 3 is 2.31 bits per heavy atom. The van der Waals surface area contributed by atoms with E-state index in [0.29, 0.717) is 31.1 Å². The van der Waals surface area contributed by atoms with E-state index in [1.54, 1.807) is 35.5 Å². The van der Waals surface area contributed by atoms with E-state index in [-0.39, 0.29) is 17.4 Å². The molecule has 0 aromatic heterocycles. The normalized spacial score (nSPS) is 15.7. The first kappa shape index (κ1) is 24.1. The summed E-state index contributed by atoms with van der Waals surface area (Å²) in [6.45, 7) is 7.45. The first-order chi connectivity index (χ1) is 15.3. The topological polar surface area (TPSA) is 84.9 Å². The number of nitrogens with one attached hydrogen (secondary N) is 1. The molecule has 1 amide bonds. The van der Waals surface area contributed by atoms with Crippen LogP contribution in [0, 0.1) is 13.8 Å². The fourth-order valence-corrected chi connectivity index (χ4v) is 5.01. The third kappa shape index (κ3) is 6.23. The molecule has 1 atom stereocenters. The number of nitrogens with zero attached hydrogens (tertiary/aromatic N) is 1. The SMILES string of the molecule is Cc1ccc(O[C@H](C)C(=O)NCCOc2ccc(S(=O)(=O)N3CCCCC3)cc2)cc1C. The number of carbonyl (C=O) groups is 1. The van der Waals surface area contributed by atoms with Crippen LogP contribution in [0.4, 0.5) is 0 Å². The Kier molecular flexibility index (Phi) is 8.15. The van der Waals surface area contributed by atoms with Gasteiger partial charge in [0, 0.05) is 13.1 Å². The number of amides is 1. The monoisotopic (exact) mass is 460 g/mol. The highest BCUT2D eigenvalue weighted by Gasteiger charge is 2.25. The van der Waals surface area contributed by atoms with Crippen molar-refractivity contribution in [3.63, 3.8) is 0 Å².